The maximum atomic E-state index is 11.6. The zero-order valence-corrected chi connectivity index (χ0v) is 9.69. The molecule has 0 aliphatic heterocycles. The Morgan fingerprint density at radius 2 is 2.00 bits per heavy atom. The third kappa shape index (κ3) is 1.87. The maximum absolute atomic E-state index is 11.6. The van der Waals surface area contributed by atoms with Gasteiger partial charge in [0.05, 0.1) is 7.11 Å². The molecular weight excluding hydrogens is 200 g/mol. The SMILES string of the molecule is C/C=C1/C(=O)CCC1c1ccc(OC)cc1. The van der Waals surface area contributed by atoms with E-state index in [-0.39, 0.29) is 5.92 Å². The van der Waals surface area contributed by atoms with Crippen molar-refractivity contribution >= 4 is 5.78 Å². The molecule has 1 aliphatic rings. The number of benzene rings is 1. The van der Waals surface area contributed by atoms with Crippen LogP contribution in [0.2, 0.25) is 0 Å². The molecule has 1 atom stereocenters. The van der Waals surface area contributed by atoms with Gasteiger partial charge in [0, 0.05) is 12.3 Å². The molecular formula is C14H16O2. The molecule has 0 aromatic heterocycles. The highest BCUT2D eigenvalue weighted by Crippen LogP contribution is 2.37. The van der Waals surface area contributed by atoms with Crippen molar-refractivity contribution in [2.24, 2.45) is 0 Å². The molecule has 1 saturated carbocycles. The molecule has 0 bridgehead atoms. The summed E-state index contributed by atoms with van der Waals surface area (Å²) in [5.74, 6) is 1.43. The quantitative estimate of drug-likeness (QED) is 0.710. The average Bonchev–Trinajstić information content (AvgIpc) is 2.70. The van der Waals surface area contributed by atoms with Gasteiger partial charge >= 0.3 is 0 Å². The monoisotopic (exact) mass is 216 g/mol. The van der Waals surface area contributed by atoms with Crippen molar-refractivity contribution < 1.29 is 9.53 Å². The third-order valence-corrected chi connectivity index (χ3v) is 3.19. The standard InChI is InChI=1S/C14H16O2/c1-3-12-13(8-9-14(12)15)10-4-6-11(16-2)7-5-10/h3-7,13H,8-9H2,1-2H3/b12-3+. The third-order valence-electron chi connectivity index (χ3n) is 3.19. The highest BCUT2D eigenvalue weighted by molar-refractivity contribution is 5.99. The molecule has 2 nitrogen and oxygen atoms in total. The number of methoxy groups -OCH3 is 1. The Morgan fingerprint density at radius 1 is 1.31 bits per heavy atom. The van der Waals surface area contributed by atoms with E-state index in [2.05, 4.69) is 0 Å². The summed E-state index contributed by atoms with van der Waals surface area (Å²) < 4.78 is 5.12. The van der Waals surface area contributed by atoms with E-state index >= 15 is 0 Å². The first kappa shape index (κ1) is 10.9. The molecule has 1 aromatic rings. The van der Waals surface area contributed by atoms with Gasteiger partial charge in [-0.15, -0.1) is 0 Å². The largest absolute Gasteiger partial charge is 0.497 e. The lowest BCUT2D eigenvalue weighted by Crippen LogP contribution is -1.99. The van der Waals surface area contributed by atoms with Crippen LogP contribution in [0.5, 0.6) is 5.75 Å². The minimum absolute atomic E-state index is 0.281. The fourth-order valence-corrected chi connectivity index (χ4v) is 2.31. The smallest absolute Gasteiger partial charge is 0.159 e. The predicted octanol–water partition coefficient (Wildman–Crippen LogP) is 3.09. The molecule has 0 amide bonds. The lowest BCUT2D eigenvalue weighted by atomic mass is 9.93. The fourth-order valence-electron chi connectivity index (χ4n) is 2.31. The van der Waals surface area contributed by atoms with Crippen LogP contribution in [0.4, 0.5) is 0 Å². The van der Waals surface area contributed by atoms with Crippen molar-refractivity contribution in [2.45, 2.75) is 25.7 Å². The van der Waals surface area contributed by atoms with Crippen molar-refractivity contribution in [1.29, 1.82) is 0 Å². The van der Waals surface area contributed by atoms with Gasteiger partial charge in [-0.1, -0.05) is 18.2 Å². The van der Waals surface area contributed by atoms with Gasteiger partial charge < -0.3 is 4.74 Å². The summed E-state index contributed by atoms with van der Waals surface area (Å²) in [7, 11) is 1.66. The number of allylic oxidation sites excluding steroid dienone is 2. The first-order chi connectivity index (χ1) is 7.76. The molecule has 2 rings (SSSR count). The van der Waals surface area contributed by atoms with Crippen LogP contribution in [-0.4, -0.2) is 12.9 Å². The van der Waals surface area contributed by atoms with Crippen LogP contribution >= 0.6 is 0 Å². The number of carbonyl (C=O) groups excluding carboxylic acids is 1. The predicted molar refractivity (Wildman–Crippen MR) is 63.7 cm³/mol. The second-order valence-electron chi connectivity index (χ2n) is 4.03. The summed E-state index contributed by atoms with van der Waals surface area (Å²) in [6.45, 7) is 1.94. The first-order valence-electron chi connectivity index (χ1n) is 5.59. The summed E-state index contributed by atoms with van der Waals surface area (Å²) in [6, 6.07) is 7.99. The second kappa shape index (κ2) is 4.52. The van der Waals surface area contributed by atoms with E-state index in [9.17, 15) is 4.79 Å². The molecule has 1 fully saturated rings. The molecule has 0 heterocycles. The van der Waals surface area contributed by atoms with Crippen molar-refractivity contribution in [1.82, 2.24) is 0 Å². The van der Waals surface area contributed by atoms with E-state index in [0.717, 1.165) is 17.7 Å². The van der Waals surface area contributed by atoms with E-state index < -0.39 is 0 Å². The molecule has 1 unspecified atom stereocenters. The molecule has 0 N–H and O–H groups in total. The Hall–Kier alpha value is -1.57. The molecule has 1 aliphatic carbocycles. The van der Waals surface area contributed by atoms with E-state index in [1.54, 1.807) is 7.11 Å². The van der Waals surface area contributed by atoms with Crippen LogP contribution in [0, 0.1) is 0 Å². The molecule has 16 heavy (non-hydrogen) atoms. The zero-order valence-electron chi connectivity index (χ0n) is 9.69. The van der Waals surface area contributed by atoms with Crippen LogP contribution in [-0.2, 0) is 4.79 Å². The molecule has 84 valence electrons. The Labute approximate surface area is 95.9 Å². The highest BCUT2D eigenvalue weighted by atomic mass is 16.5. The van der Waals surface area contributed by atoms with Gasteiger partial charge in [-0.2, -0.15) is 0 Å². The molecule has 1 aromatic carbocycles. The van der Waals surface area contributed by atoms with Crippen LogP contribution in [0.1, 0.15) is 31.2 Å². The fraction of sp³-hybridized carbons (Fsp3) is 0.357. The minimum Gasteiger partial charge on any atom is -0.497 e. The summed E-state index contributed by atoms with van der Waals surface area (Å²) in [5, 5.41) is 0. The molecule has 0 radical (unpaired) electrons. The Balaban J connectivity index is 2.27. The molecule has 0 spiro atoms. The van der Waals surface area contributed by atoms with Crippen LogP contribution in [0.15, 0.2) is 35.9 Å². The summed E-state index contributed by atoms with van der Waals surface area (Å²) in [5.41, 5.74) is 2.17. The Kier molecular flexibility index (Phi) is 3.09. The first-order valence-corrected chi connectivity index (χ1v) is 5.59. The maximum Gasteiger partial charge on any atom is 0.159 e. The highest BCUT2D eigenvalue weighted by Gasteiger charge is 2.28. The van der Waals surface area contributed by atoms with Crippen LogP contribution < -0.4 is 4.74 Å². The van der Waals surface area contributed by atoms with E-state index in [1.807, 2.05) is 37.3 Å². The molecule has 2 heteroatoms. The van der Waals surface area contributed by atoms with Gasteiger partial charge in [-0.3, -0.25) is 4.79 Å². The summed E-state index contributed by atoms with van der Waals surface area (Å²) in [4.78, 5) is 11.6. The van der Waals surface area contributed by atoms with Gasteiger partial charge in [0.2, 0.25) is 0 Å². The van der Waals surface area contributed by atoms with Crippen molar-refractivity contribution in [3.05, 3.63) is 41.5 Å². The lowest BCUT2D eigenvalue weighted by molar-refractivity contribution is -0.114. The van der Waals surface area contributed by atoms with Gasteiger partial charge in [0.1, 0.15) is 5.75 Å². The lowest BCUT2D eigenvalue weighted by Gasteiger charge is -2.11. The average molecular weight is 216 g/mol. The van der Waals surface area contributed by atoms with E-state index in [1.165, 1.54) is 5.56 Å². The van der Waals surface area contributed by atoms with Crippen molar-refractivity contribution in [2.75, 3.05) is 7.11 Å². The van der Waals surface area contributed by atoms with Gasteiger partial charge in [0.15, 0.2) is 5.78 Å². The van der Waals surface area contributed by atoms with Crippen LogP contribution in [0.25, 0.3) is 0 Å². The number of ether oxygens (including phenoxy) is 1. The number of carbonyl (C=O) groups is 1. The normalized spacial score (nSPS) is 22.8. The number of hydrogen-bond donors (Lipinski definition) is 0. The Bertz CT molecular complexity index is 415. The number of rotatable bonds is 2. The topological polar surface area (TPSA) is 26.3 Å². The van der Waals surface area contributed by atoms with Gasteiger partial charge in [-0.25, -0.2) is 0 Å². The van der Waals surface area contributed by atoms with Crippen molar-refractivity contribution in [3.63, 3.8) is 0 Å². The van der Waals surface area contributed by atoms with Crippen LogP contribution in [0.3, 0.4) is 0 Å². The Morgan fingerprint density at radius 3 is 2.56 bits per heavy atom. The second-order valence-corrected chi connectivity index (χ2v) is 4.03. The summed E-state index contributed by atoms with van der Waals surface area (Å²) in [6.07, 6.45) is 3.56. The van der Waals surface area contributed by atoms with Gasteiger partial charge in [0.25, 0.3) is 0 Å². The number of hydrogen-bond acceptors (Lipinski definition) is 2. The number of Topliss-reactive ketones (excluding diaryl/α,β-unsaturated/α-hetero) is 1. The van der Waals surface area contributed by atoms with Crippen molar-refractivity contribution in [3.8, 4) is 5.75 Å². The zero-order chi connectivity index (χ0) is 11.5. The minimum atomic E-state index is 0.281. The number of ketones is 1. The summed E-state index contributed by atoms with van der Waals surface area (Å²) >= 11 is 0. The molecule has 0 saturated heterocycles. The van der Waals surface area contributed by atoms with Gasteiger partial charge in [-0.05, 0) is 36.6 Å². The van der Waals surface area contributed by atoms with E-state index in [4.69, 9.17) is 4.74 Å². The van der Waals surface area contributed by atoms with E-state index in [0.29, 0.717) is 12.2 Å².